The smallest absolute Gasteiger partial charge is 0.108 e. The highest BCUT2D eigenvalue weighted by Crippen LogP contribution is 2.18. The summed E-state index contributed by atoms with van der Waals surface area (Å²) in [4.78, 5) is 0. The molecule has 1 fully saturated rings. The summed E-state index contributed by atoms with van der Waals surface area (Å²) in [5.41, 5.74) is 0.913. The molecule has 1 aliphatic rings. The van der Waals surface area contributed by atoms with Crippen LogP contribution in [0.2, 0.25) is 0 Å². The van der Waals surface area contributed by atoms with Crippen LogP contribution in [-0.2, 0) is 11.3 Å². The van der Waals surface area contributed by atoms with Gasteiger partial charge in [-0.2, -0.15) is 0 Å². The van der Waals surface area contributed by atoms with Gasteiger partial charge in [0.05, 0.1) is 18.8 Å². The number of hydrogen-bond donors (Lipinski definition) is 1. The molecule has 15 heavy (non-hydrogen) atoms. The zero-order valence-corrected chi connectivity index (χ0v) is 9.31. The number of nitrogens with zero attached hydrogens (tertiary/aromatic N) is 3. The van der Waals surface area contributed by atoms with Crippen molar-refractivity contribution in [1.29, 1.82) is 0 Å². The van der Waals surface area contributed by atoms with Gasteiger partial charge in [0, 0.05) is 19.2 Å². The molecule has 0 aromatic carbocycles. The lowest BCUT2D eigenvalue weighted by Gasteiger charge is -2.06. The summed E-state index contributed by atoms with van der Waals surface area (Å²) in [6.07, 6.45) is 3.11. The number of rotatable bonds is 4. The van der Waals surface area contributed by atoms with Gasteiger partial charge >= 0.3 is 0 Å². The van der Waals surface area contributed by atoms with Crippen LogP contribution in [0.25, 0.3) is 0 Å². The second kappa shape index (κ2) is 4.72. The van der Waals surface area contributed by atoms with Crippen molar-refractivity contribution in [1.82, 2.24) is 20.3 Å². The monoisotopic (exact) mass is 210 g/mol. The van der Waals surface area contributed by atoms with Gasteiger partial charge < -0.3 is 10.1 Å². The summed E-state index contributed by atoms with van der Waals surface area (Å²) >= 11 is 0. The van der Waals surface area contributed by atoms with Crippen molar-refractivity contribution >= 4 is 0 Å². The minimum Gasteiger partial charge on any atom is -0.375 e. The van der Waals surface area contributed by atoms with Gasteiger partial charge in [0.15, 0.2) is 0 Å². The lowest BCUT2D eigenvalue weighted by molar-refractivity contribution is 0.131. The van der Waals surface area contributed by atoms with Crippen LogP contribution in [-0.4, -0.2) is 34.2 Å². The van der Waals surface area contributed by atoms with Crippen molar-refractivity contribution < 1.29 is 4.74 Å². The van der Waals surface area contributed by atoms with Crippen molar-refractivity contribution in [2.75, 3.05) is 13.2 Å². The van der Waals surface area contributed by atoms with Crippen LogP contribution in [0.5, 0.6) is 0 Å². The van der Waals surface area contributed by atoms with E-state index in [1.165, 1.54) is 0 Å². The predicted molar refractivity (Wildman–Crippen MR) is 56.5 cm³/mol. The first kappa shape index (κ1) is 10.6. The van der Waals surface area contributed by atoms with Crippen molar-refractivity contribution in [3.63, 3.8) is 0 Å². The van der Waals surface area contributed by atoms with Gasteiger partial charge in [0.1, 0.15) is 5.69 Å². The van der Waals surface area contributed by atoms with Crippen LogP contribution in [0.1, 0.15) is 32.0 Å². The Morgan fingerprint density at radius 1 is 1.67 bits per heavy atom. The molecule has 0 radical (unpaired) electrons. The fourth-order valence-electron chi connectivity index (χ4n) is 1.88. The molecule has 0 saturated carbocycles. The normalized spacial score (nSPS) is 26.0. The molecule has 5 nitrogen and oxygen atoms in total. The highest BCUT2D eigenvalue weighted by molar-refractivity contribution is 4.93. The zero-order valence-electron chi connectivity index (χ0n) is 9.31. The molecule has 2 rings (SSSR count). The van der Waals surface area contributed by atoms with Crippen LogP contribution >= 0.6 is 0 Å². The largest absolute Gasteiger partial charge is 0.375 e. The van der Waals surface area contributed by atoms with E-state index in [2.05, 4.69) is 22.6 Å². The first-order chi connectivity index (χ1) is 7.29. The van der Waals surface area contributed by atoms with Crippen LogP contribution in [0.15, 0.2) is 6.20 Å². The summed E-state index contributed by atoms with van der Waals surface area (Å²) in [6, 6.07) is 1.03. The number of aromatic nitrogens is 3. The van der Waals surface area contributed by atoms with Gasteiger partial charge in [-0.05, 0) is 20.3 Å². The van der Waals surface area contributed by atoms with Gasteiger partial charge in [0.25, 0.3) is 0 Å². The number of ether oxygens (including phenoxy) is 1. The Balaban J connectivity index is 1.94. The Hall–Kier alpha value is -0.940. The molecule has 5 heteroatoms. The standard InChI is InChI=1S/C10H18N4O/c1-3-15-7-9-6-14(13-12-9)10-4-8(2)11-5-10/h6,8,10-11H,3-5,7H2,1-2H3/t8-,10+/m1/s1. The molecule has 0 bridgehead atoms. The fourth-order valence-corrected chi connectivity index (χ4v) is 1.88. The molecular weight excluding hydrogens is 192 g/mol. The summed E-state index contributed by atoms with van der Waals surface area (Å²) < 4.78 is 7.23. The van der Waals surface area contributed by atoms with Crippen LogP contribution in [0, 0.1) is 0 Å². The molecule has 2 atom stereocenters. The molecule has 1 saturated heterocycles. The molecule has 0 spiro atoms. The van der Waals surface area contributed by atoms with E-state index in [4.69, 9.17) is 4.74 Å². The summed E-state index contributed by atoms with van der Waals surface area (Å²) in [7, 11) is 0. The van der Waals surface area contributed by atoms with Crippen LogP contribution < -0.4 is 5.32 Å². The highest BCUT2D eigenvalue weighted by Gasteiger charge is 2.22. The SMILES string of the molecule is CCOCc1cn([C@@H]2CN[C@H](C)C2)nn1. The molecular formula is C10H18N4O. The van der Waals surface area contributed by atoms with Crippen molar-refractivity contribution in [2.24, 2.45) is 0 Å². The Bertz CT molecular complexity index is 312. The number of hydrogen-bond acceptors (Lipinski definition) is 4. The van der Waals surface area contributed by atoms with Gasteiger partial charge in [-0.25, -0.2) is 4.68 Å². The minimum atomic E-state index is 0.447. The van der Waals surface area contributed by atoms with E-state index in [9.17, 15) is 0 Å². The van der Waals surface area contributed by atoms with Crippen molar-refractivity contribution in [2.45, 2.75) is 39.0 Å². The summed E-state index contributed by atoms with van der Waals surface area (Å²) in [6.45, 7) is 6.44. The molecule has 0 unspecified atom stereocenters. The third-order valence-electron chi connectivity index (χ3n) is 2.71. The third-order valence-corrected chi connectivity index (χ3v) is 2.71. The van der Waals surface area contributed by atoms with Gasteiger partial charge in [-0.3, -0.25) is 0 Å². The minimum absolute atomic E-state index is 0.447. The molecule has 84 valence electrons. The van der Waals surface area contributed by atoms with Crippen molar-refractivity contribution in [3.05, 3.63) is 11.9 Å². The van der Waals surface area contributed by atoms with E-state index in [1.807, 2.05) is 17.8 Å². The highest BCUT2D eigenvalue weighted by atomic mass is 16.5. The first-order valence-corrected chi connectivity index (χ1v) is 5.51. The van der Waals surface area contributed by atoms with E-state index < -0.39 is 0 Å². The Morgan fingerprint density at radius 3 is 3.20 bits per heavy atom. The second-order valence-corrected chi connectivity index (χ2v) is 4.03. The first-order valence-electron chi connectivity index (χ1n) is 5.51. The zero-order chi connectivity index (χ0) is 10.7. The summed E-state index contributed by atoms with van der Waals surface area (Å²) in [5.74, 6) is 0. The Kier molecular flexibility index (Phi) is 3.33. The van der Waals surface area contributed by atoms with E-state index in [0.717, 1.165) is 25.3 Å². The molecule has 1 aromatic rings. The van der Waals surface area contributed by atoms with Crippen LogP contribution in [0.4, 0.5) is 0 Å². The summed E-state index contributed by atoms with van der Waals surface area (Å²) in [5, 5.41) is 11.6. The average molecular weight is 210 g/mol. The van der Waals surface area contributed by atoms with Gasteiger partial charge in [-0.15, -0.1) is 5.10 Å². The maximum Gasteiger partial charge on any atom is 0.108 e. The molecule has 0 aliphatic carbocycles. The van der Waals surface area contributed by atoms with E-state index in [-0.39, 0.29) is 0 Å². The quantitative estimate of drug-likeness (QED) is 0.796. The maximum atomic E-state index is 5.29. The molecule has 1 N–H and O–H groups in total. The number of nitrogens with one attached hydrogen (secondary N) is 1. The second-order valence-electron chi connectivity index (χ2n) is 4.03. The van der Waals surface area contributed by atoms with E-state index in [0.29, 0.717) is 18.7 Å². The molecule has 1 aliphatic heterocycles. The predicted octanol–water partition coefficient (Wildman–Crippen LogP) is 0.737. The molecule has 0 amide bonds. The maximum absolute atomic E-state index is 5.29. The Morgan fingerprint density at radius 2 is 2.53 bits per heavy atom. The van der Waals surface area contributed by atoms with E-state index >= 15 is 0 Å². The topological polar surface area (TPSA) is 52.0 Å². The van der Waals surface area contributed by atoms with E-state index in [1.54, 1.807) is 0 Å². The van der Waals surface area contributed by atoms with Gasteiger partial charge in [-0.1, -0.05) is 5.21 Å². The van der Waals surface area contributed by atoms with Gasteiger partial charge in [0.2, 0.25) is 0 Å². The lowest BCUT2D eigenvalue weighted by Crippen LogP contribution is -2.17. The molecule has 2 heterocycles. The fraction of sp³-hybridized carbons (Fsp3) is 0.800. The third kappa shape index (κ3) is 2.54. The van der Waals surface area contributed by atoms with Crippen LogP contribution in [0.3, 0.4) is 0 Å². The Labute approximate surface area is 89.8 Å². The van der Waals surface area contributed by atoms with Crippen molar-refractivity contribution in [3.8, 4) is 0 Å². The molecule has 1 aromatic heterocycles. The lowest BCUT2D eigenvalue weighted by atomic mass is 10.2. The average Bonchev–Trinajstić information content (AvgIpc) is 2.83.